The molecule has 4 nitrogen and oxygen atoms in total. The van der Waals surface area contributed by atoms with Gasteiger partial charge < -0.3 is 4.90 Å². The fourth-order valence-corrected chi connectivity index (χ4v) is 10.6. The molecule has 13 rings (SSSR count). The van der Waals surface area contributed by atoms with Crippen molar-refractivity contribution in [2.75, 3.05) is 4.90 Å². The van der Waals surface area contributed by atoms with Gasteiger partial charge in [0.1, 0.15) is 0 Å². The minimum Gasteiger partial charge on any atom is -0.310 e. The number of anilines is 3. The summed E-state index contributed by atoms with van der Waals surface area (Å²) in [5.41, 5.74) is 20.4. The van der Waals surface area contributed by atoms with Crippen molar-refractivity contribution in [1.29, 1.82) is 0 Å². The number of hydrogen-bond acceptors (Lipinski definition) is 4. The third-order valence-electron chi connectivity index (χ3n) is 13.8. The Balaban J connectivity index is 0.881. The number of rotatable bonds is 7. The van der Waals surface area contributed by atoms with Gasteiger partial charge >= 0.3 is 0 Å². The van der Waals surface area contributed by atoms with Crippen LogP contribution in [0.2, 0.25) is 0 Å². The monoisotopic (exact) mass is 866 g/mol. The Morgan fingerprint density at radius 3 is 1.10 bits per heavy atom. The van der Waals surface area contributed by atoms with Crippen molar-refractivity contribution in [3.8, 4) is 78.7 Å². The summed E-state index contributed by atoms with van der Waals surface area (Å²) in [5.74, 6) is 1.90. The predicted molar refractivity (Wildman–Crippen MR) is 278 cm³/mol. The molecule has 2 aliphatic rings. The highest BCUT2D eigenvalue weighted by atomic mass is 15.2. The molecule has 0 N–H and O–H groups in total. The van der Waals surface area contributed by atoms with E-state index < -0.39 is 5.41 Å². The van der Waals surface area contributed by atoms with E-state index in [1.165, 1.54) is 55.9 Å². The summed E-state index contributed by atoms with van der Waals surface area (Å²) in [6.07, 6.45) is 0. The van der Waals surface area contributed by atoms with Crippen LogP contribution in [-0.4, -0.2) is 15.0 Å². The molecule has 1 aliphatic carbocycles. The number of para-hydroxylation sites is 3. The third-order valence-corrected chi connectivity index (χ3v) is 13.8. The van der Waals surface area contributed by atoms with Crippen LogP contribution in [0, 0.1) is 0 Å². The average molecular weight is 867 g/mol. The van der Waals surface area contributed by atoms with Crippen molar-refractivity contribution in [2.45, 2.75) is 5.41 Å². The van der Waals surface area contributed by atoms with Gasteiger partial charge in [0.15, 0.2) is 17.5 Å². The highest BCUT2D eigenvalue weighted by molar-refractivity contribution is 5.96. The number of aromatic nitrogens is 3. The van der Waals surface area contributed by atoms with Gasteiger partial charge in [0.25, 0.3) is 0 Å². The maximum absolute atomic E-state index is 5.12. The zero-order chi connectivity index (χ0) is 45.0. The Bertz CT molecular complexity index is 3600. The van der Waals surface area contributed by atoms with Crippen LogP contribution in [0.1, 0.15) is 22.3 Å². The molecule has 0 atom stereocenters. The Hall–Kier alpha value is -8.99. The summed E-state index contributed by atoms with van der Waals surface area (Å²) in [6.45, 7) is 0. The molecule has 0 fully saturated rings. The molecular weight excluding hydrogens is 825 g/mol. The number of nitrogens with zero attached hydrogens (tertiary/aromatic N) is 4. The molecule has 0 saturated carbocycles. The second kappa shape index (κ2) is 16.2. The first-order valence-electron chi connectivity index (χ1n) is 23.2. The molecule has 68 heavy (non-hydrogen) atoms. The fraction of sp³-hybridized carbons (Fsp3) is 0.0156. The molecular formula is C64H42N4. The van der Waals surface area contributed by atoms with Crippen molar-refractivity contribution < 1.29 is 0 Å². The van der Waals surface area contributed by atoms with Crippen LogP contribution in [-0.2, 0) is 5.41 Å². The number of fused-ring (bicyclic) bond motifs is 9. The van der Waals surface area contributed by atoms with Crippen molar-refractivity contribution >= 4 is 17.1 Å². The van der Waals surface area contributed by atoms with E-state index in [-0.39, 0.29) is 0 Å². The van der Waals surface area contributed by atoms with Crippen molar-refractivity contribution in [3.63, 3.8) is 0 Å². The van der Waals surface area contributed by atoms with Gasteiger partial charge in [-0.1, -0.05) is 224 Å². The van der Waals surface area contributed by atoms with Crippen molar-refractivity contribution in [3.05, 3.63) is 277 Å². The highest BCUT2D eigenvalue weighted by Gasteiger charge is 2.51. The summed E-state index contributed by atoms with van der Waals surface area (Å²) in [4.78, 5) is 17.7. The van der Waals surface area contributed by atoms with Crippen LogP contribution in [0.25, 0.3) is 78.7 Å². The lowest BCUT2D eigenvalue weighted by Gasteiger charge is -2.45. The Morgan fingerprint density at radius 1 is 0.250 bits per heavy atom. The Labute approximate surface area is 396 Å². The normalized spacial score (nSPS) is 12.8. The van der Waals surface area contributed by atoms with Crippen LogP contribution in [0.15, 0.2) is 255 Å². The molecule has 1 aromatic heterocycles. The van der Waals surface area contributed by atoms with Gasteiger partial charge in [-0.3, -0.25) is 0 Å². The van der Waals surface area contributed by atoms with Gasteiger partial charge in [-0.2, -0.15) is 0 Å². The molecule has 11 aromatic rings. The summed E-state index contributed by atoms with van der Waals surface area (Å²) in [7, 11) is 0. The second-order valence-corrected chi connectivity index (χ2v) is 17.5. The summed E-state index contributed by atoms with van der Waals surface area (Å²) in [6, 6.07) is 91.3. The van der Waals surface area contributed by atoms with Crippen LogP contribution in [0.5, 0.6) is 0 Å². The van der Waals surface area contributed by atoms with E-state index in [1.54, 1.807) is 0 Å². The molecule has 2 heterocycles. The quantitative estimate of drug-likeness (QED) is 0.160. The van der Waals surface area contributed by atoms with Crippen LogP contribution in [0.4, 0.5) is 17.1 Å². The van der Waals surface area contributed by atoms with Crippen molar-refractivity contribution in [1.82, 2.24) is 15.0 Å². The molecule has 0 unspecified atom stereocenters. The molecule has 0 saturated heterocycles. The molecule has 4 heteroatoms. The second-order valence-electron chi connectivity index (χ2n) is 17.5. The minimum absolute atomic E-state index is 0.527. The van der Waals surface area contributed by atoms with E-state index in [0.717, 1.165) is 44.6 Å². The first kappa shape index (κ1) is 39.4. The van der Waals surface area contributed by atoms with E-state index >= 15 is 0 Å². The van der Waals surface area contributed by atoms with Crippen molar-refractivity contribution in [2.24, 2.45) is 0 Å². The topological polar surface area (TPSA) is 41.9 Å². The highest BCUT2D eigenvalue weighted by Crippen LogP contribution is 2.63. The van der Waals surface area contributed by atoms with E-state index in [2.05, 4.69) is 235 Å². The summed E-state index contributed by atoms with van der Waals surface area (Å²) in [5, 5.41) is 0. The van der Waals surface area contributed by atoms with Gasteiger partial charge in [-0.05, 0) is 97.1 Å². The van der Waals surface area contributed by atoms with E-state index in [9.17, 15) is 0 Å². The van der Waals surface area contributed by atoms with Gasteiger partial charge in [0, 0.05) is 22.4 Å². The average Bonchev–Trinajstić information content (AvgIpc) is 3.71. The first-order valence-corrected chi connectivity index (χ1v) is 23.2. The maximum atomic E-state index is 5.12. The van der Waals surface area contributed by atoms with Gasteiger partial charge in [-0.25, -0.2) is 15.0 Å². The Morgan fingerprint density at radius 2 is 0.588 bits per heavy atom. The molecule has 1 spiro atoms. The number of benzene rings is 10. The lowest BCUT2D eigenvalue weighted by molar-refractivity contribution is 0.753. The maximum Gasteiger partial charge on any atom is 0.164 e. The SMILES string of the molecule is c1ccc(-c2ccc(-c3ccc(-c4nc(-c5ccccc5)nc(-c5ccc(-c6ccc7c(c6)C6(c8ccccc8-7)c7ccccc7N(c7ccccc7)c7ccccc76)cc5)n4)cc3)cc2)cc1. The van der Waals surface area contributed by atoms with Crippen LogP contribution < -0.4 is 4.90 Å². The predicted octanol–water partition coefficient (Wildman–Crippen LogP) is 16.0. The van der Waals surface area contributed by atoms with Crippen LogP contribution >= 0.6 is 0 Å². The largest absolute Gasteiger partial charge is 0.310 e. The van der Waals surface area contributed by atoms with E-state index in [1.807, 2.05) is 24.3 Å². The zero-order valence-corrected chi connectivity index (χ0v) is 37.0. The van der Waals surface area contributed by atoms with E-state index in [0.29, 0.717) is 17.5 Å². The summed E-state index contributed by atoms with van der Waals surface area (Å²) >= 11 is 0. The third kappa shape index (κ3) is 6.41. The summed E-state index contributed by atoms with van der Waals surface area (Å²) < 4.78 is 0. The fourth-order valence-electron chi connectivity index (χ4n) is 10.6. The standard InChI is InChI=1S/C64H42N4/c1-4-16-43(17-5-1)44-28-30-45(31-29-44)46-32-36-49(37-33-46)62-65-61(48-18-6-2-7-19-48)66-63(67-62)50-38-34-47(35-39-50)51-40-41-54-53-22-10-11-23-55(53)64(58(54)42-51)56-24-12-14-26-59(56)68(52-20-8-3-9-21-52)60-27-15-13-25-57(60)64/h1-42H. The minimum atomic E-state index is -0.527. The first-order chi connectivity index (χ1) is 33.7. The molecule has 0 amide bonds. The molecule has 1 aliphatic heterocycles. The van der Waals surface area contributed by atoms with Gasteiger partial charge in [0.05, 0.1) is 16.8 Å². The molecule has 0 radical (unpaired) electrons. The molecule has 10 aromatic carbocycles. The zero-order valence-electron chi connectivity index (χ0n) is 37.0. The molecule has 318 valence electrons. The van der Waals surface area contributed by atoms with Gasteiger partial charge in [-0.15, -0.1) is 0 Å². The smallest absolute Gasteiger partial charge is 0.164 e. The lowest BCUT2D eigenvalue weighted by Crippen LogP contribution is -2.36. The van der Waals surface area contributed by atoms with Crippen LogP contribution in [0.3, 0.4) is 0 Å². The number of hydrogen-bond donors (Lipinski definition) is 0. The van der Waals surface area contributed by atoms with Gasteiger partial charge in [0.2, 0.25) is 0 Å². The Kier molecular flexibility index (Phi) is 9.36. The van der Waals surface area contributed by atoms with E-state index in [4.69, 9.17) is 15.0 Å². The lowest BCUT2D eigenvalue weighted by atomic mass is 9.64. The molecule has 0 bridgehead atoms.